The number of anilines is 1. The molecule has 2 saturated carbocycles. The molecule has 3 aliphatic heterocycles. The van der Waals surface area contributed by atoms with Crippen LogP contribution in [0.1, 0.15) is 51.5 Å². The maximum atomic E-state index is 13.1. The van der Waals surface area contributed by atoms with Crippen LogP contribution in [0.25, 0.3) is 0 Å². The Morgan fingerprint density at radius 3 is 2.59 bits per heavy atom. The number of hydrogen-bond acceptors (Lipinski definition) is 5. The average Bonchev–Trinajstić information content (AvgIpc) is 3.31. The van der Waals surface area contributed by atoms with E-state index in [0.717, 1.165) is 31.7 Å². The van der Waals surface area contributed by atoms with Crippen molar-refractivity contribution in [2.45, 2.75) is 69.4 Å². The summed E-state index contributed by atoms with van der Waals surface area (Å²) in [6, 6.07) is 5.54. The second kappa shape index (κ2) is 7.36. The number of carbonyl (C=O) groups excluding carboxylic acids is 1. The lowest BCUT2D eigenvalue weighted by Crippen LogP contribution is -2.54. The molecule has 0 amide bonds. The first-order chi connectivity index (χ1) is 16.0. The molecular weight excluding hydrogens is 445 g/mol. The van der Waals surface area contributed by atoms with Gasteiger partial charge < -0.3 is 14.4 Å². The zero-order chi connectivity index (χ0) is 23.9. The highest BCUT2D eigenvalue weighted by Crippen LogP contribution is 2.72. The number of benzene rings is 1. The number of piperazine rings is 1. The summed E-state index contributed by atoms with van der Waals surface area (Å²) in [5.74, 6) is -0.0577. The van der Waals surface area contributed by atoms with Crippen LogP contribution in [0, 0.1) is 17.3 Å². The van der Waals surface area contributed by atoms with Crippen molar-refractivity contribution in [1.29, 1.82) is 0 Å². The molecule has 6 atom stereocenters. The lowest BCUT2D eigenvalue weighted by atomic mass is 9.53. The largest absolute Gasteiger partial charge is 0.462 e. The molecule has 2 aliphatic carbocycles. The molecular formula is C26H33F3N2O3. The van der Waals surface area contributed by atoms with Crippen molar-refractivity contribution in [3.8, 4) is 0 Å². The number of alkyl halides is 3. The van der Waals surface area contributed by atoms with E-state index < -0.39 is 11.7 Å². The van der Waals surface area contributed by atoms with Crippen LogP contribution in [0.3, 0.4) is 0 Å². The van der Waals surface area contributed by atoms with Gasteiger partial charge in [0.05, 0.1) is 17.1 Å². The molecule has 0 aromatic heterocycles. The van der Waals surface area contributed by atoms with E-state index in [4.69, 9.17) is 9.47 Å². The average molecular weight is 479 g/mol. The minimum atomic E-state index is -4.34. The van der Waals surface area contributed by atoms with E-state index in [0.29, 0.717) is 38.4 Å². The van der Waals surface area contributed by atoms with Crippen molar-refractivity contribution >= 4 is 11.7 Å². The predicted octanol–water partition coefficient (Wildman–Crippen LogP) is 4.50. The smallest absolute Gasteiger partial charge is 0.416 e. The Hall–Kier alpha value is -1.80. The van der Waals surface area contributed by atoms with E-state index >= 15 is 0 Å². The Balaban J connectivity index is 1.11. The summed E-state index contributed by atoms with van der Waals surface area (Å²) >= 11 is 0. The zero-order valence-corrected chi connectivity index (χ0v) is 19.9. The molecule has 1 unspecified atom stereocenters. The summed E-state index contributed by atoms with van der Waals surface area (Å²) in [7, 11) is 0. The number of esters is 1. The minimum Gasteiger partial charge on any atom is -0.462 e. The van der Waals surface area contributed by atoms with Gasteiger partial charge in [0, 0.05) is 49.7 Å². The fourth-order valence-corrected chi connectivity index (χ4v) is 7.72. The van der Waals surface area contributed by atoms with Gasteiger partial charge in [-0.05, 0) is 57.2 Å². The van der Waals surface area contributed by atoms with Crippen LogP contribution in [-0.4, -0.2) is 60.9 Å². The van der Waals surface area contributed by atoms with Crippen molar-refractivity contribution in [3.63, 3.8) is 0 Å². The third kappa shape index (κ3) is 3.31. The van der Waals surface area contributed by atoms with Gasteiger partial charge in [0.2, 0.25) is 0 Å². The van der Waals surface area contributed by atoms with Crippen LogP contribution < -0.4 is 4.90 Å². The Labute approximate surface area is 198 Å². The van der Waals surface area contributed by atoms with E-state index in [-0.39, 0.29) is 40.5 Å². The van der Waals surface area contributed by atoms with Gasteiger partial charge in [-0.25, -0.2) is 0 Å². The summed E-state index contributed by atoms with van der Waals surface area (Å²) < 4.78 is 51.7. The quantitative estimate of drug-likeness (QED) is 0.473. The SMILES string of the molecule is C[C@]12CCC[C@@]3(C)O[C@@]13C[C@@H]1C(CN3CCN(c4cccc(C(F)(F)F)c4)CC3)C(=O)O[C@@H]1C2. The maximum absolute atomic E-state index is 13.1. The lowest BCUT2D eigenvalue weighted by molar-refractivity contribution is -0.146. The fourth-order valence-electron chi connectivity index (χ4n) is 7.72. The van der Waals surface area contributed by atoms with Crippen molar-refractivity contribution in [3.05, 3.63) is 29.8 Å². The Kier molecular flexibility index (Phi) is 4.90. The maximum Gasteiger partial charge on any atom is 0.416 e. The minimum absolute atomic E-state index is 0.0222. The molecule has 3 saturated heterocycles. The number of nitrogens with zero attached hydrogens (tertiary/aromatic N) is 2. The molecule has 0 bridgehead atoms. The number of fused-ring (bicyclic) bond motifs is 1. The first-order valence-electron chi connectivity index (χ1n) is 12.6. The molecule has 5 fully saturated rings. The third-order valence-corrected chi connectivity index (χ3v) is 9.67. The number of ether oxygens (including phenoxy) is 2. The van der Waals surface area contributed by atoms with Crippen LogP contribution in [0.15, 0.2) is 24.3 Å². The zero-order valence-electron chi connectivity index (χ0n) is 19.9. The molecule has 1 aromatic rings. The first-order valence-corrected chi connectivity index (χ1v) is 12.6. The molecule has 34 heavy (non-hydrogen) atoms. The van der Waals surface area contributed by atoms with Gasteiger partial charge in [0.25, 0.3) is 0 Å². The van der Waals surface area contributed by atoms with Gasteiger partial charge in [-0.1, -0.05) is 13.0 Å². The Morgan fingerprint density at radius 1 is 1.09 bits per heavy atom. The molecule has 3 heterocycles. The van der Waals surface area contributed by atoms with Crippen molar-refractivity contribution in [1.82, 2.24) is 4.90 Å². The first kappa shape index (κ1) is 22.7. The molecule has 0 radical (unpaired) electrons. The van der Waals surface area contributed by atoms with Crippen LogP contribution in [-0.2, 0) is 20.4 Å². The Morgan fingerprint density at radius 2 is 1.85 bits per heavy atom. The summed E-state index contributed by atoms with van der Waals surface area (Å²) in [6.45, 7) is 7.93. The van der Waals surface area contributed by atoms with Crippen LogP contribution >= 0.6 is 0 Å². The molecule has 186 valence electrons. The summed E-state index contributed by atoms with van der Waals surface area (Å²) in [4.78, 5) is 17.2. The molecule has 5 nitrogen and oxygen atoms in total. The fraction of sp³-hybridized carbons (Fsp3) is 0.731. The highest BCUT2D eigenvalue weighted by molar-refractivity contribution is 5.76. The second-order valence-corrected chi connectivity index (χ2v) is 11.6. The van der Waals surface area contributed by atoms with Crippen molar-refractivity contribution in [2.24, 2.45) is 17.3 Å². The van der Waals surface area contributed by atoms with Crippen LogP contribution in [0.5, 0.6) is 0 Å². The summed E-state index contributed by atoms with van der Waals surface area (Å²) in [5, 5.41) is 0. The standard InChI is InChI=1S/C26H33F3N2O3/c1-23-7-4-8-24(2)25(23,34-24)14-19-20(22(32)33-21(19)15-23)16-30-9-11-31(12-10-30)18-6-3-5-17(13-18)26(27,28)29/h3,5-6,13,19-21H,4,7-12,14-16H2,1-2H3/t19-,20?,21-,23-,24-,25+/m1/s1. The number of halogens is 3. The van der Waals surface area contributed by atoms with E-state index in [1.807, 2.05) is 4.90 Å². The predicted molar refractivity (Wildman–Crippen MR) is 120 cm³/mol. The van der Waals surface area contributed by atoms with E-state index in [9.17, 15) is 18.0 Å². The summed E-state index contributed by atoms with van der Waals surface area (Å²) in [6.07, 6.45) is 0.810. The highest BCUT2D eigenvalue weighted by atomic mass is 19.4. The number of hydrogen-bond donors (Lipinski definition) is 0. The van der Waals surface area contributed by atoms with E-state index in [2.05, 4.69) is 18.7 Å². The van der Waals surface area contributed by atoms with Gasteiger partial charge in [0.1, 0.15) is 11.7 Å². The van der Waals surface area contributed by atoms with E-state index in [1.165, 1.54) is 18.6 Å². The van der Waals surface area contributed by atoms with Crippen molar-refractivity contribution < 1.29 is 27.4 Å². The van der Waals surface area contributed by atoms with Crippen LogP contribution in [0.4, 0.5) is 18.9 Å². The van der Waals surface area contributed by atoms with Crippen LogP contribution in [0.2, 0.25) is 0 Å². The molecule has 0 N–H and O–H groups in total. The molecule has 1 aromatic carbocycles. The Bertz CT molecular complexity index is 994. The highest BCUT2D eigenvalue weighted by Gasteiger charge is 2.79. The van der Waals surface area contributed by atoms with Gasteiger partial charge in [-0.2, -0.15) is 13.2 Å². The number of carbonyl (C=O) groups is 1. The van der Waals surface area contributed by atoms with Crippen molar-refractivity contribution in [2.75, 3.05) is 37.6 Å². The van der Waals surface area contributed by atoms with Gasteiger partial charge in [-0.15, -0.1) is 0 Å². The molecule has 5 aliphatic rings. The van der Waals surface area contributed by atoms with E-state index in [1.54, 1.807) is 6.07 Å². The monoisotopic (exact) mass is 478 g/mol. The van der Waals surface area contributed by atoms with Gasteiger partial charge in [0.15, 0.2) is 0 Å². The lowest BCUT2D eigenvalue weighted by Gasteiger charge is -2.48. The molecule has 8 heteroatoms. The molecule has 6 rings (SSSR count). The van der Waals surface area contributed by atoms with Gasteiger partial charge in [-0.3, -0.25) is 9.69 Å². The number of epoxide rings is 1. The molecule has 1 spiro atoms. The van der Waals surface area contributed by atoms with Gasteiger partial charge >= 0.3 is 12.1 Å². The summed E-state index contributed by atoms with van der Waals surface area (Å²) in [5.41, 5.74) is -0.116. The second-order valence-electron chi connectivity index (χ2n) is 11.6. The third-order valence-electron chi connectivity index (χ3n) is 9.67. The number of rotatable bonds is 3. The topological polar surface area (TPSA) is 45.3 Å². The normalized spacial score (nSPS) is 42.0.